The van der Waals surface area contributed by atoms with Crippen LogP contribution >= 0.6 is 0 Å². The topological polar surface area (TPSA) is 613 Å². The fraction of sp³-hybridized carbons (Fsp3) is 0.843. The van der Waals surface area contributed by atoms with Crippen LogP contribution in [0.3, 0.4) is 0 Å². The van der Waals surface area contributed by atoms with Crippen molar-refractivity contribution in [2.45, 2.75) is 155 Å². The number of ether oxygens (including phenoxy) is 8. The van der Waals surface area contributed by atoms with Crippen LogP contribution in [0, 0.1) is 0 Å². The van der Waals surface area contributed by atoms with E-state index < -0.39 is 294 Å². The summed E-state index contributed by atoms with van der Waals surface area (Å²) in [5.74, 6) is -7.34. The molecule has 0 aromatic carbocycles. The van der Waals surface area contributed by atoms with Crippen molar-refractivity contribution in [3.63, 3.8) is 0 Å². The summed E-state index contributed by atoms with van der Waals surface area (Å²) in [6.45, 7) is -10.5. The normalized spacial score (nSPS) is 32.9. The lowest BCUT2D eigenvalue weighted by atomic mass is 9.99. The molecule has 41 nitrogen and oxygen atoms in total. The maximum absolute atomic E-state index is 14.5. The molecule has 5 saturated heterocycles. The van der Waals surface area contributed by atoms with E-state index in [1.807, 2.05) is 0 Å². The molecule has 5 rings (SSSR count). The number of nitrogens with one attached hydrogen (secondary N) is 5. The number of carbonyl (C=O) groups excluding carboxylic acids is 8. The minimum Gasteiger partial charge on any atom is -0.394 e. The number of carbonyl (C=O) groups is 8. The van der Waals surface area contributed by atoms with E-state index in [-0.39, 0.29) is 31.0 Å². The monoisotopic (exact) mass is 1340 g/mol. The van der Waals surface area contributed by atoms with Gasteiger partial charge in [0.2, 0.25) is 29.5 Å². The Balaban J connectivity index is 1.37. The fourth-order valence-electron chi connectivity index (χ4n) is 9.77. The molecule has 0 spiro atoms. The van der Waals surface area contributed by atoms with E-state index >= 15 is 0 Å². The molecule has 41 heteroatoms. The Kier molecular flexibility index (Phi) is 32.5. The largest absolute Gasteiger partial charge is 0.394 e. The second-order valence-electron chi connectivity index (χ2n) is 21.7. The number of hydroxylamine groups is 2. The standard InChI is InChI=1S/C51H86N8O33/c60-19-24-35(71)39(75)43(79)48(88-24)84-11-6-52-28(64)15-57(16-29(65)53-7-12-85-49-44(80)40(76)36(72)25(20-61)89-49)10-4-23(47(83)56-5-3-34(70)92-59-32(68)1-2-33(59)69)58(17-30(66)54-8-13-86-50-45(81)41(77)37(73)26(21-62)90-50)18-31(67)55-9-14-87-51-46(82)42(78)38(74)27(22-63)91-51/h23-27,35-46,48-51,60-63,71-82H,1-22H2,(H,52,64)(H,53,65)(H,54,66)(H,55,67)(H,56,83)/t23?,24-,25-,26-,27+,35-,36-,37-,38+,39+,40+,41+,42-,43+,44+,45+,46-,48+,49+,50+,51-/m1/s1. The first kappa shape index (κ1) is 77.6. The van der Waals surface area contributed by atoms with Gasteiger partial charge in [0, 0.05) is 52.1 Å². The van der Waals surface area contributed by atoms with Gasteiger partial charge in [0.15, 0.2) is 25.2 Å². The number of aliphatic hydroxyl groups excluding tert-OH is 16. The molecule has 528 valence electrons. The highest BCUT2D eigenvalue weighted by Crippen LogP contribution is 2.26. The molecule has 21 N–H and O–H groups in total. The highest BCUT2D eigenvalue weighted by Gasteiger charge is 2.48. The van der Waals surface area contributed by atoms with Crippen LogP contribution in [-0.2, 0) is 81.1 Å². The van der Waals surface area contributed by atoms with Crippen LogP contribution in [0.4, 0.5) is 0 Å². The zero-order valence-corrected chi connectivity index (χ0v) is 49.6. The van der Waals surface area contributed by atoms with E-state index in [0.29, 0.717) is 0 Å². The van der Waals surface area contributed by atoms with Gasteiger partial charge in [0.1, 0.15) is 97.7 Å². The quantitative estimate of drug-likeness (QED) is 0.0203. The van der Waals surface area contributed by atoms with Crippen molar-refractivity contribution in [1.29, 1.82) is 0 Å². The molecule has 5 heterocycles. The minimum absolute atomic E-state index is 0.238. The van der Waals surface area contributed by atoms with Crippen LogP contribution in [0.15, 0.2) is 0 Å². The summed E-state index contributed by atoms with van der Waals surface area (Å²) in [6.07, 6.45) is -34.7. The van der Waals surface area contributed by atoms with E-state index in [1.165, 1.54) is 4.90 Å². The van der Waals surface area contributed by atoms with Crippen molar-refractivity contribution < 1.29 is 163 Å². The number of hydrogen-bond donors (Lipinski definition) is 21. The van der Waals surface area contributed by atoms with Gasteiger partial charge < -0.3 is 151 Å². The molecule has 5 aliphatic heterocycles. The molecule has 5 aliphatic rings. The van der Waals surface area contributed by atoms with Crippen LogP contribution < -0.4 is 26.6 Å². The van der Waals surface area contributed by atoms with E-state index in [4.69, 9.17) is 42.7 Å². The Morgan fingerprint density at radius 1 is 0.435 bits per heavy atom. The molecule has 7 amide bonds. The molecule has 0 aliphatic carbocycles. The van der Waals surface area contributed by atoms with Gasteiger partial charge in [-0.25, -0.2) is 4.79 Å². The van der Waals surface area contributed by atoms with E-state index in [1.54, 1.807) is 0 Å². The van der Waals surface area contributed by atoms with Crippen LogP contribution in [0.25, 0.3) is 0 Å². The van der Waals surface area contributed by atoms with E-state index in [9.17, 15) is 120 Å². The van der Waals surface area contributed by atoms with E-state index in [0.717, 1.165) is 4.90 Å². The first-order chi connectivity index (χ1) is 43.7. The summed E-state index contributed by atoms with van der Waals surface area (Å²) in [5.41, 5.74) is 0. The Hall–Kier alpha value is -5.08. The zero-order valence-electron chi connectivity index (χ0n) is 49.6. The third kappa shape index (κ3) is 22.5. The SMILES string of the molecule is O=C(CN(CCC(C(=O)NCCC(=O)ON1C(=O)CCC1=O)N(CC(=O)NCCO[C@H]1O[C@H](CO)[C@@H](O)[C@H](O)[C@@H]1O)CC(=O)NCCO[C@@H]1O[C@@H](CO)[C@H](O)[C@@H](O)[C@H]1O)CC(=O)NCCO[C@H]1O[C@H](CO)[C@@H](O)[C@H](O)[C@@H]1O)NCCO[C@H]1O[C@H](CO)[C@@H](O)[C@H](O)[C@@H]1O. The van der Waals surface area contributed by atoms with E-state index in [2.05, 4.69) is 26.6 Å². The van der Waals surface area contributed by atoms with Gasteiger partial charge in [-0.05, 0) is 6.42 Å². The maximum atomic E-state index is 14.5. The van der Waals surface area contributed by atoms with Gasteiger partial charge in [0.05, 0.1) is 91.5 Å². The minimum atomic E-state index is -1.82. The molecule has 5 fully saturated rings. The summed E-state index contributed by atoms with van der Waals surface area (Å²) in [4.78, 5) is 114. The van der Waals surface area contributed by atoms with Crippen LogP contribution in [0.1, 0.15) is 25.7 Å². The lowest BCUT2D eigenvalue weighted by Gasteiger charge is -2.39. The van der Waals surface area contributed by atoms with Crippen LogP contribution in [-0.4, -0.2) is 391 Å². The fourth-order valence-corrected chi connectivity index (χ4v) is 9.77. The molecule has 0 aromatic rings. The number of imide groups is 1. The summed E-state index contributed by atoms with van der Waals surface area (Å²) in [6, 6.07) is -1.69. The van der Waals surface area contributed by atoms with Gasteiger partial charge in [-0.1, -0.05) is 0 Å². The van der Waals surface area contributed by atoms with Gasteiger partial charge >= 0.3 is 5.97 Å². The maximum Gasteiger partial charge on any atom is 0.334 e. The average molecular weight is 1340 g/mol. The molecular formula is C51H86N8O33. The zero-order chi connectivity index (χ0) is 67.9. The predicted molar refractivity (Wildman–Crippen MR) is 292 cm³/mol. The molecule has 21 atom stereocenters. The highest BCUT2D eigenvalue weighted by molar-refractivity contribution is 6.01. The molecule has 0 bridgehead atoms. The second-order valence-corrected chi connectivity index (χ2v) is 21.7. The Bertz CT molecular complexity index is 2220. The molecule has 1 unspecified atom stereocenters. The predicted octanol–water partition coefficient (Wildman–Crippen LogP) is -15.8. The number of hydrogen-bond acceptors (Lipinski definition) is 35. The van der Waals surface area contributed by atoms with Gasteiger partial charge in [-0.3, -0.25) is 43.4 Å². The first-order valence-corrected chi connectivity index (χ1v) is 29.3. The van der Waals surface area contributed by atoms with Crippen molar-refractivity contribution in [3.8, 4) is 0 Å². The van der Waals surface area contributed by atoms with Crippen molar-refractivity contribution in [1.82, 2.24) is 41.4 Å². The molecular weight excluding hydrogens is 1250 g/mol. The molecule has 0 saturated carbocycles. The summed E-state index contributed by atoms with van der Waals surface area (Å²) in [7, 11) is 0. The third-order valence-corrected chi connectivity index (χ3v) is 14.9. The number of amides is 7. The smallest absolute Gasteiger partial charge is 0.334 e. The second kappa shape index (κ2) is 38.5. The van der Waals surface area contributed by atoms with Gasteiger partial charge in [-0.15, -0.1) is 5.06 Å². The number of rotatable bonds is 37. The van der Waals surface area contributed by atoms with Crippen molar-refractivity contribution in [2.24, 2.45) is 0 Å². The Morgan fingerprint density at radius 3 is 1.04 bits per heavy atom. The third-order valence-electron chi connectivity index (χ3n) is 14.9. The Morgan fingerprint density at radius 2 is 0.739 bits per heavy atom. The molecule has 92 heavy (non-hydrogen) atoms. The van der Waals surface area contributed by atoms with Crippen LogP contribution in [0.5, 0.6) is 0 Å². The average Bonchev–Trinajstić information content (AvgIpc) is 1.36. The number of aliphatic hydroxyl groups is 16. The van der Waals surface area contributed by atoms with Gasteiger partial charge in [0.25, 0.3) is 11.8 Å². The first-order valence-electron chi connectivity index (χ1n) is 29.3. The van der Waals surface area contributed by atoms with Crippen molar-refractivity contribution in [2.75, 3.05) is 118 Å². The lowest BCUT2D eigenvalue weighted by Crippen LogP contribution is -2.59. The summed E-state index contributed by atoms with van der Waals surface area (Å²) in [5, 5.41) is 174. The summed E-state index contributed by atoms with van der Waals surface area (Å²) >= 11 is 0. The van der Waals surface area contributed by atoms with Crippen molar-refractivity contribution in [3.05, 3.63) is 0 Å². The molecule has 0 aromatic heterocycles. The lowest BCUT2D eigenvalue weighted by molar-refractivity contribution is -0.300. The Labute approximate surface area is 523 Å². The van der Waals surface area contributed by atoms with Crippen LogP contribution in [0.2, 0.25) is 0 Å². The highest BCUT2D eigenvalue weighted by atomic mass is 16.7. The van der Waals surface area contributed by atoms with Crippen molar-refractivity contribution >= 4 is 47.3 Å². The summed E-state index contributed by atoms with van der Waals surface area (Å²) < 4.78 is 43.0. The number of nitrogens with zero attached hydrogens (tertiary/aromatic N) is 3. The molecule has 0 radical (unpaired) electrons. The van der Waals surface area contributed by atoms with Gasteiger partial charge in [-0.2, -0.15) is 0 Å².